The normalized spacial score (nSPS) is 23.2. The lowest BCUT2D eigenvalue weighted by molar-refractivity contribution is 0.0458. The van der Waals surface area contributed by atoms with Crippen LogP contribution in [0.5, 0.6) is 0 Å². The molecule has 3 nitrogen and oxygen atoms in total. The number of nitrogens with zero attached hydrogens (tertiary/aromatic N) is 1. The molecule has 1 aliphatic heterocycles. The molecule has 90 valence electrons. The van der Waals surface area contributed by atoms with Crippen LogP contribution in [0.25, 0.3) is 0 Å². The fraction of sp³-hybridized carbons (Fsp3) is 1.00. The Labute approximate surface area is 94.0 Å². The second-order valence-corrected chi connectivity index (χ2v) is 5.15. The summed E-state index contributed by atoms with van der Waals surface area (Å²) in [6, 6.07) is 0.552. The van der Waals surface area contributed by atoms with Gasteiger partial charge in [0.1, 0.15) is 0 Å². The number of nitrogens with two attached hydrogens (primary N) is 1. The van der Waals surface area contributed by atoms with Crippen molar-refractivity contribution in [3.8, 4) is 0 Å². The van der Waals surface area contributed by atoms with E-state index in [2.05, 4.69) is 18.7 Å². The third-order valence-electron chi connectivity index (χ3n) is 3.51. The maximum atomic E-state index is 5.58. The van der Waals surface area contributed by atoms with E-state index in [1.165, 1.54) is 19.4 Å². The molecule has 0 saturated carbocycles. The highest BCUT2D eigenvalue weighted by Crippen LogP contribution is 2.31. The maximum absolute atomic E-state index is 5.58. The molecule has 0 aromatic carbocycles. The zero-order chi connectivity index (χ0) is 11.3. The fourth-order valence-corrected chi connectivity index (χ4v) is 2.68. The van der Waals surface area contributed by atoms with Crippen molar-refractivity contribution < 1.29 is 4.74 Å². The summed E-state index contributed by atoms with van der Waals surface area (Å²) in [6.07, 6.45) is 4.88. The second kappa shape index (κ2) is 5.83. The van der Waals surface area contributed by atoms with E-state index in [0.717, 1.165) is 26.0 Å². The number of hydrogen-bond acceptors (Lipinski definition) is 3. The lowest BCUT2D eigenvalue weighted by Crippen LogP contribution is -2.47. The number of likely N-dealkylation sites (tertiary alicyclic amines) is 1. The summed E-state index contributed by atoms with van der Waals surface area (Å²) in [6.45, 7) is 7.51. The molecule has 0 aromatic heterocycles. The van der Waals surface area contributed by atoms with Crippen LogP contribution in [0.1, 0.15) is 39.5 Å². The quantitative estimate of drug-likeness (QED) is 0.730. The number of ether oxygens (including phenoxy) is 1. The van der Waals surface area contributed by atoms with Gasteiger partial charge in [-0.1, -0.05) is 0 Å². The van der Waals surface area contributed by atoms with Crippen molar-refractivity contribution in [3.05, 3.63) is 0 Å². The molecule has 15 heavy (non-hydrogen) atoms. The zero-order valence-corrected chi connectivity index (χ0v) is 10.5. The van der Waals surface area contributed by atoms with Gasteiger partial charge in [0.2, 0.25) is 0 Å². The van der Waals surface area contributed by atoms with Crippen molar-refractivity contribution in [2.45, 2.75) is 51.1 Å². The van der Waals surface area contributed by atoms with Gasteiger partial charge in [0.25, 0.3) is 0 Å². The van der Waals surface area contributed by atoms with Crippen molar-refractivity contribution in [2.75, 3.05) is 26.8 Å². The highest BCUT2D eigenvalue weighted by Gasteiger charge is 2.36. The number of methoxy groups -OCH3 is 1. The van der Waals surface area contributed by atoms with E-state index < -0.39 is 0 Å². The fourth-order valence-electron chi connectivity index (χ4n) is 2.68. The van der Waals surface area contributed by atoms with Crippen LogP contribution in [0.3, 0.4) is 0 Å². The maximum Gasteiger partial charge on any atom is 0.0618 e. The van der Waals surface area contributed by atoms with Crippen molar-refractivity contribution >= 4 is 0 Å². The highest BCUT2D eigenvalue weighted by molar-refractivity contribution is 4.91. The van der Waals surface area contributed by atoms with Gasteiger partial charge in [0, 0.05) is 18.7 Å². The van der Waals surface area contributed by atoms with Gasteiger partial charge in [-0.15, -0.1) is 0 Å². The molecule has 1 heterocycles. The molecular weight excluding hydrogens is 188 g/mol. The molecule has 2 N–H and O–H groups in total. The van der Waals surface area contributed by atoms with Crippen molar-refractivity contribution in [1.82, 2.24) is 4.90 Å². The van der Waals surface area contributed by atoms with Gasteiger partial charge in [-0.25, -0.2) is 0 Å². The molecule has 0 aliphatic carbocycles. The van der Waals surface area contributed by atoms with Crippen molar-refractivity contribution in [3.63, 3.8) is 0 Å². The molecule has 0 spiro atoms. The van der Waals surface area contributed by atoms with Crippen LogP contribution in [0, 0.1) is 0 Å². The molecule has 3 heteroatoms. The lowest BCUT2D eigenvalue weighted by atomic mass is 9.99. The van der Waals surface area contributed by atoms with Gasteiger partial charge in [-0.2, -0.15) is 0 Å². The first kappa shape index (κ1) is 12.9. The van der Waals surface area contributed by atoms with Crippen LogP contribution in [0.15, 0.2) is 0 Å². The van der Waals surface area contributed by atoms with Crippen LogP contribution in [0.2, 0.25) is 0 Å². The predicted octanol–water partition coefficient (Wildman–Crippen LogP) is 1.61. The number of rotatable bonds is 6. The SMILES string of the molecule is COCC(CCCN)N1CCCC1(C)C. The second-order valence-electron chi connectivity index (χ2n) is 5.15. The summed E-state index contributed by atoms with van der Waals surface area (Å²) in [7, 11) is 1.79. The Morgan fingerprint density at radius 3 is 2.67 bits per heavy atom. The summed E-state index contributed by atoms with van der Waals surface area (Å²) in [5.74, 6) is 0. The molecule has 0 bridgehead atoms. The van der Waals surface area contributed by atoms with Gasteiger partial charge in [0.15, 0.2) is 0 Å². The Morgan fingerprint density at radius 2 is 2.20 bits per heavy atom. The highest BCUT2D eigenvalue weighted by atomic mass is 16.5. The van der Waals surface area contributed by atoms with Gasteiger partial charge in [-0.3, -0.25) is 4.90 Å². The Hall–Kier alpha value is -0.120. The molecular formula is C12H26N2O. The summed E-state index contributed by atoms with van der Waals surface area (Å²) in [5, 5.41) is 0. The Kier molecular flexibility index (Phi) is 5.03. The van der Waals surface area contributed by atoms with Gasteiger partial charge in [-0.05, 0) is 52.6 Å². The Morgan fingerprint density at radius 1 is 1.47 bits per heavy atom. The van der Waals surface area contributed by atoms with E-state index in [1.54, 1.807) is 7.11 Å². The average Bonchev–Trinajstić information content (AvgIpc) is 2.53. The van der Waals surface area contributed by atoms with Crippen molar-refractivity contribution in [1.29, 1.82) is 0 Å². The van der Waals surface area contributed by atoms with Crippen LogP contribution in [0.4, 0.5) is 0 Å². The minimum Gasteiger partial charge on any atom is -0.383 e. The van der Waals surface area contributed by atoms with Crippen LogP contribution < -0.4 is 5.73 Å². The van der Waals surface area contributed by atoms with Crippen molar-refractivity contribution in [2.24, 2.45) is 5.73 Å². The molecule has 1 fully saturated rings. The Bertz CT molecular complexity index is 182. The van der Waals surface area contributed by atoms with Gasteiger partial charge < -0.3 is 10.5 Å². The van der Waals surface area contributed by atoms with Crippen LogP contribution >= 0.6 is 0 Å². The molecule has 1 saturated heterocycles. The van der Waals surface area contributed by atoms with Gasteiger partial charge in [0.05, 0.1) is 6.61 Å². The largest absolute Gasteiger partial charge is 0.383 e. The topological polar surface area (TPSA) is 38.5 Å². The monoisotopic (exact) mass is 214 g/mol. The minimum atomic E-state index is 0.345. The first-order chi connectivity index (χ1) is 7.11. The molecule has 0 radical (unpaired) electrons. The van der Waals surface area contributed by atoms with Crippen LogP contribution in [-0.2, 0) is 4.74 Å². The summed E-state index contributed by atoms with van der Waals surface area (Å²) in [5.41, 5.74) is 5.92. The first-order valence-corrected chi connectivity index (χ1v) is 6.07. The average molecular weight is 214 g/mol. The molecule has 1 atom stereocenters. The number of hydrogen-bond donors (Lipinski definition) is 1. The van der Waals surface area contributed by atoms with Gasteiger partial charge >= 0.3 is 0 Å². The predicted molar refractivity (Wildman–Crippen MR) is 64.0 cm³/mol. The summed E-state index contributed by atoms with van der Waals surface area (Å²) >= 11 is 0. The molecule has 1 rings (SSSR count). The standard InChI is InChI=1S/C12H26N2O/c1-12(2)7-5-9-14(12)11(10-15-3)6-4-8-13/h11H,4-10,13H2,1-3H3. The molecule has 1 unspecified atom stereocenters. The summed E-state index contributed by atoms with van der Waals surface area (Å²) in [4.78, 5) is 2.60. The summed E-state index contributed by atoms with van der Waals surface area (Å²) < 4.78 is 5.32. The van der Waals surface area contributed by atoms with Crippen LogP contribution in [-0.4, -0.2) is 43.3 Å². The lowest BCUT2D eigenvalue weighted by Gasteiger charge is -2.38. The molecule has 0 aromatic rings. The van der Waals surface area contributed by atoms with E-state index in [0.29, 0.717) is 11.6 Å². The smallest absolute Gasteiger partial charge is 0.0618 e. The third-order valence-corrected chi connectivity index (χ3v) is 3.51. The molecule has 1 aliphatic rings. The van der Waals surface area contributed by atoms with E-state index in [9.17, 15) is 0 Å². The van der Waals surface area contributed by atoms with E-state index in [-0.39, 0.29) is 0 Å². The third kappa shape index (κ3) is 3.44. The minimum absolute atomic E-state index is 0.345. The zero-order valence-electron chi connectivity index (χ0n) is 10.5. The van der Waals surface area contributed by atoms with E-state index >= 15 is 0 Å². The molecule has 0 amide bonds. The van der Waals surface area contributed by atoms with E-state index in [1.807, 2.05) is 0 Å². The van der Waals surface area contributed by atoms with E-state index in [4.69, 9.17) is 10.5 Å². The first-order valence-electron chi connectivity index (χ1n) is 6.07. The Balaban J connectivity index is 2.53.